The fraction of sp³-hybridized carbons (Fsp3) is 0.462. The second-order valence-corrected chi connectivity index (χ2v) is 5.05. The zero-order valence-electron chi connectivity index (χ0n) is 10.9. The standard InChI is InChI=1S/C13H18Cl2N2O2/c1-3-16-13(19)8(2)17-7-12(18)10-6-9(14)4-5-11(10)15/h4-6,8,12,17-18H,3,7H2,1-2H3,(H,16,19). The van der Waals surface area contributed by atoms with Crippen LogP contribution in [0.4, 0.5) is 0 Å². The van der Waals surface area contributed by atoms with Gasteiger partial charge in [0.25, 0.3) is 0 Å². The van der Waals surface area contributed by atoms with E-state index in [-0.39, 0.29) is 18.5 Å². The lowest BCUT2D eigenvalue weighted by Gasteiger charge is -2.17. The smallest absolute Gasteiger partial charge is 0.236 e. The molecule has 0 bridgehead atoms. The van der Waals surface area contributed by atoms with Gasteiger partial charge in [0.2, 0.25) is 5.91 Å². The molecule has 0 aliphatic heterocycles. The van der Waals surface area contributed by atoms with Gasteiger partial charge in [0.05, 0.1) is 12.1 Å². The highest BCUT2D eigenvalue weighted by Crippen LogP contribution is 2.25. The van der Waals surface area contributed by atoms with Gasteiger partial charge in [-0.15, -0.1) is 0 Å². The molecule has 1 amide bonds. The van der Waals surface area contributed by atoms with E-state index in [1.54, 1.807) is 25.1 Å². The fourth-order valence-corrected chi connectivity index (χ4v) is 2.01. The average Bonchev–Trinajstić information content (AvgIpc) is 2.38. The van der Waals surface area contributed by atoms with E-state index < -0.39 is 6.10 Å². The number of benzene rings is 1. The number of aliphatic hydroxyl groups excluding tert-OH is 1. The number of amides is 1. The van der Waals surface area contributed by atoms with Crippen molar-refractivity contribution in [2.75, 3.05) is 13.1 Å². The van der Waals surface area contributed by atoms with Gasteiger partial charge in [0.1, 0.15) is 0 Å². The van der Waals surface area contributed by atoms with Crippen LogP contribution in [-0.2, 0) is 4.79 Å². The number of rotatable bonds is 6. The lowest BCUT2D eigenvalue weighted by molar-refractivity contribution is -0.122. The molecule has 0 saturated heterocycles. The number of carbonyl (C=O) groups is 1. The van der Waals surface area contributed by atoms with Crippen molar-refractivity contribution in [1.82, 2.24) is 10.6 Å². The summed E-state index contributed by atoms with van der Waals surface area (Å²) >= 11 is 11.9. The molecule has 1 aromatic rings. The summed E-state index contributed by atoms with van der Waals surface area (Å²) in [6.45, 7) is 4.38. The molecule has 19 heavy (non-hydrogen) atoms. The molecule has 0 aliphatic rings. The van der Waals surface area contributed by atoms with Crippen molar-refractivity contribution < 1.29 is 9.90 Å². The Labute approximate surface area is 123 Å². The number of aliphatic hydroxyl groups is 1. The van der Waals surface area contributed by atoms with Crippen LogP contribution in [0, 0.1) is 0 Å². The number of carbonyl (C=O) groups excluding carboxylic acids is 1. The van der Waals surface area contributed by atoms with Crippen LogP contribution in [0.15, 0.2) is 18.2 Å². The Morgan fingerprint density at radius 2 is 2.11 bits per heavy atom. The summed E-state index contributed by atoms with van der Waals surface area (Å²) in [5, 5.41) is 16.7. The number of likely N-dealkylation sites (N-methyl/N-ethyl adjacent to an activating group) is 1. The van der Waals surface area contributed by atoms with Crippen LogP contribution >= 0.6 is 23.2 Å². The maximum Gasteiger partial charge on any atom is 0.236 e. The molecule has 0 radical (unpaired) electrons. The Bertz CT molecular complexity index is 441. The van der Waals surface area contributed by atoms with Crippen molar-refractivity contribution in [3.8, 4) is 0 Å². The molecular weight excluding hydrogens is 287 g/mol. The summed E-state index contributed by atoms with van der Waals surface area (Å²) in [5.41, 5.74) is 0.546. The zero-order chi connectivity index (χ0) is 14.4. The van der Waals surface area contributed by atoms with E-state index in [1.807, 2.05) is 6.92 Å². The van der Waals surface area contributed by atoms with E-state index in [0.717, 1.165) is 0 Å². The monoisotopic (exact) mass is 304 g/mol. The Hall–Kier alpha value is -0.810. The number of hydrogen-bond donors (Lipinski definition) is 3. The third-order valence-electron chi connectivity index (χ3n) is 2.68. The van der Waals surface area contributed by atoms with Gasteiger partial charge in [0.15, 0.2) is 0 Å². The van der Waals surface area contributed by atoms with E-state index in [1.165, 1.54) is 0 Å². The topological polar surface area (TPSA) is 61.4 Å². The highest BCUT2D eigenvalue weighted by atomic mass is 35.5. The first-order chi connectivity index (χ1) is 8.95. The molecule has 0 saturated carbocycles. The first-order valence-corrected chi connectivity index (χ1v) is 6.85. The maximum atomic E-state index is 11.5. The van der Waals surface area contributed by atoms with Gasteiger partial charge in [-0.05, 0) is 32.0 Å². The van der Waals surface area contributed by atoms with E-state index in [0.29, 0.717) is 22.2 Å². The summed E-state index contributed by atoms with van der Waals surface area (Å²) in [7, 11) is 0. The van der Waals surface area contributed by atoms with Gasteiger partial charge in [-0.1, -0.05) is 23.2 Å². The van der Waals surface area contributed by atoms with Crippen molar-refractivity contribution in [1.29, 1.82) is 0 Å². The molecule has 2 atom stereocenters. The Balaban J connectivity index is 2.57. The van der Waals surface area contributed by atoms with E-state index >= 15 is 0 Å². The van der Waals surface area contributed by atoms with Crippen molar-refractivity contribution in [2.45, 2.75) is 26.0 Å². The highest BCUT2D eigenvalue weighted by molar-refractivity contribution is 6.33. The van der Waals surface area contributed by atoms with Crippen molar-refractivity contribution in [3.05, 3.63) is 33.8 Å². The Morgan fingerprint density at radius 3 is 2.74 bits per heavy atom. The first-order valence-electron chi connectivity index (χ1n) is 6.09. The molecule has 3 N–H and O–H groups in total. The summed E-state index contributed by atoms with van der Waals surface area (Å²) in [6.07, 6.45) is -0.817. The third-order valence-corrected chi connectivity index (χ3v) is 3.26. The first kappa shape index (κ1) is 16.2. The predicted molar refractivity (Wildman–Crippen MR) is 77.6 cm³/mol. The van der Waals surface area contributed by atoms with Crippen LogP contribution in [0.25, 0.3) is 0 Å². The molecule has 106 valence electrons. The molecular formula is C13H18Cl2N2O2. The molecule has 2 unspecified atom stereocenters. The minimum absolute atomic E-state index is 0.105. The zero-order valence-corrected chi connectivity index (χ0v) is 12.4. The molecule has 0 spiro atoms. The van der Waals surface area contributed by atoms with Gasteiger partial charge >= 0.3 is 0 Å². The lowest BCUT2D eigenvalue weighted by atomic mass is 10.1. The SMILES string of the molecule is CCNC(=O)C(C)NCC(O)c1cc(Cl)ccc1Cl. The van der Waals surface area contributed by atoms with Gasteiger partial charge < -0.3 is 15.7 Å². The Kier molecular flexibility index (Phi) is 6.58. The molecule has 0 aliphatic carbocycles. The summed E-state index contributed by atoms with van der Waals surface area (Å²) in [4.78, 5) is 11.5. The summed E-state index contributed by atoms with van der Waals surface area (Å²) < 4.78 is 0. The van der Waals surface area contributed by atoms with E-state index in [9.17, 15) is 9.90 Å². The second-order valence-electron chi connectivity index (χ2n) is 4.21. The molecule has 4 nitrogen and oxygen atoms in total. The van der Waals surface area contributed by atoms with Crippen LogP contribution in [0.3, 0.4) is 0 Å². The van der Waals surface area contributed by atoms with Crippen molar-refractivity contribution >= 4 is 29.1 Å². The molecule has 0 heterocycles. The molecule has 0 aromatic heterocycles. The van der Waals surface area contributed by atoms with Crippen molar-refractivity contribution in [3.63, 3.8) is 0 Å². The van der Waals surface area contributed by atoms with Gasteiger partial charge in [-0.3, -0.25) is 4.79 Å². The normalized spacial score (nSPS) is 13.9. The quantitative estimate of drug-likeness (QED) is 0.754. The predicted octanol–water partition coefficient (Wildman–Crippen LogP) is 2.14. The minimum atomic E-state index is -0.817. The van der Waals surface area contributed by atoms with Gasteiger partial charge in [0, 0.05) is 28.7 Å². The maximum absolute atomic E-state index is 11.5. The van der Waals surface area contributed by atoms with E-state index in [2.05, 4.69) is 10.6 Å². The summed E-state index contributed by atoms with van der Waals surface area (Å²) in [6, 6.07) is 4.53. The number of halogens is 2. The van der Waals surface area contributed by atoms with E-state index in [4.69, 9.17) is 23.2 Å². The van der Waals surface area contributed by atoms with Gasteiger partial charge in [-0.25, -0.2) is 0 Å². The molecule has 0 fully saturated rings. The van der Waals surface area contributed by atoms with Crippen LogP contribution < -0.4 is 10.6 Å². The molecule has 6 heteroatoms. The summed E-state index contributed by atoms with van der Waals surface area (Å²) in [5.74, 6) is -0.105. The fourth-order valence-electron chi connectivity index (χ4n) is 1.59. The van der Waals surface area contributed by atoms with Crippen molar-refractivity contribution in [2.24, 2.45) is 0 Å². The van der Waals surface area contributed by atoms with Gasteiger partial charge in [-0.2, -0.15) is 0 Å². The van der Waals surface area contributed by atoms with Crippen LogP contribution in [0.5, 0.6) is 0 Å². The largest absolute Gasteiger partial charge is 0.387 e. The Morgan fingerprint density at radius 1 is 1.42 bits per heavy atom. The number of nitrogens with one attached hydrogen (secondary N) is 2. The second kappa shape index (κ2) is 7.70. The number of hydrogen-bond acceptors (Lipinski definition) is 3. The average molecular weight is 305 g/mol. The van der Waals surface area contributed by atoms with Crippen LogP contribution in [-0.4, -0.2) is 30.1 Å². The van der Waals surface area contributed by atoms with Crippen LogP contribution in [0.1, 0.15) is 25.5 Å². The third kappa shape index (κ3) is 4.99. The molecule has 1 aromatic carbocycles. The van der Waals surface area contributed by atoms with Crippen LogP contribution in [0.2, 0.25) is 10.0 Å². The highest BCUT2D eigenvalue weighted by Gasteiger charge is 2.16. The minimum Gasteiger partial charge on any atom is -0.387 e. The molecule has 1 rings (SSSR count). The lowest BCUT2D eigenvalue weighted by Crippen LogP contribution is -2.43.